The van der Waals surface area contributed by atoms with Gasteiger partial charge in [0, 0.05) is 5.69 Å². The third-order valence-corrected chi connectivity index (χ3v) is 3.89. The Morgan fingerprint density at radius 1 is 1.47 bits per heavy atom. The number of hydrogen-bond donors (Lipinski definition) is 2. The Labute approximate surface area is 115 Å². The molecule has 1 saturated heterocycles. The number of amides is 1. The van der Waals surface area contributed by atoms with Crippen molar-refractivity contribution in [1.29, 1.82) is 0 Å². The number of pyridine rings is 1. The molecule has 0 saturated carbocycles. The highest BCUT2D eigenvalue weighted by atomic mass is 16.2. The predicted molar refractivity (Wildman–Crippen MR) is 77.1 cm³/mol. The highest BCUT2D eigenvalue weighted by molar-refractivity contribution is 5.95. The average molecular weight is 261 g/mol. The molecule has 0 radical (unpaired) electrons. The number of aromatic nitrogens is 1. The summed E-state index contributed by atoms with van der Waals surface area (Å²) in [4.78, 5) is 16.6. The van der Waals surface area contributed by atoms with Crippen LogP contribution in [0.25, 0.3) is 0 Å². The van der Waals surface area contributed by atoms with Gasteiger partial charge in [0.15, 0.2) is 0 Å². The monoisotopic (exact) mass is 261 g/mol. The summed E-state index contributed by atoms with van der Waals surface area (Å²) in [6.07, 6.45) is 3.25. The van der Waals surface area contributed by atoms with E-state index < -0.39 is 0 Å². The zero-order valence-electron chi connectivity index (χ0n) is 12.0. The van der Waals surface area contributed by atoms with Crippen molar-refractivity contribution in [3.63, 3.8) is 0 Å². The topological polar surface area (TPSA) is 54.0 Å². The summed E-state index contributed by atoms with van der Waals surface area (Å²) >= 11 is 0. The summed E-state index contributed by atoms with van der Waals surface area (Å²) in [6, 6.07) is 3.78. The quantitative estimate of drug-likeness (QED) is 0.878. The van der Waals surface area contributed by atoms with Crippen molar-refractivity contribution < 1.29 is 4.79 Å². The zero-order chi connectivity index (χ0) is 13.8. The van der Waals surface area contributed by atoms with Crippen LogP contribution >= 0.6 is 0 Å². The first-order chi connectivity index (χ1) is 9.10. The lowest BCUT2D eigenvalue weighted by atomic mass is 9.90. The van der Waals surface area contributed by atoms with E-state index in [2.05, 4.69) is 22.5 Å². The number of anilines is 1. The molecule has 2 atom stereocenters. The molecule has 4 heteroatoms. The molecule has 2 N–H and O–H groups in total. The number of piperidine rings is 1. The number of rotatable bonds is 3. The number of aryl methyl sites for hydroxylation is 2. The fourth-order valence-electron chi connectivity index (χ4n) is 2.61. The standard InChI is InChI=1S/C15H23N3O/c1-4-12-7-8-16-14(9-12)15(19)18-13-6-5-10(2)17-11(13)3/h5-6,12,14,16H,4,7-9H2,1-3H3,(H,18,19). The van der Waals surface area contributed by atoms with Crippen molar-refractivity contribution in [2.75, 3.05) is 11.9 Å². The molecule has 1 fully saturated rings. The van der Waals surface area contributed by atoms with Gasteiger partial charge in [-0.1, -0.05) is 13.3 Å². The largest absolute Gasteiger partial charge is 0.323 e. The summed E-state index contributed by atoms with van der Waals surface area (Å²) in [7, 11) is 0. The van der Waals surface area contributed by atoms with Crippen LogP contribution < -0.4 is 10.6 Å². The van der Waals surface area contributed by atoms with E-state index in [1.807, 2.05) is 26.0 Å². The second-order valence-corrected chi connectivity index (χ2v) is 5.38. The Kier molecular flexibility index (Phi) is 4.53. The SMILES string of the molecule is CCC1CCNC(C(=O)Nc2ccc(C)nc2C)C1. The first kappa shape index (κ1) is 14.0. The molecule has 104 valence electrons. The number of hydrogen-bond acceptors (Lipinski definition) is 3. The molecule has 0 aromatic carbocycles. The molecule has 0 bridgehead atoms. The number of carbonyl (C=O) groups is 1. The van der Waals surface area contributed by atoms with Crippen LogP contribution in [0.2, 0.25) is 0 Å². The lowest BCUT2D eigenvalue weighted by Crippen LogP contribution is -2.46. The maximum atomic E-state index is 12.3. The summed E-state index contributed by atoms with van der Waals surface area (Å²) < 4.78 is 0. The number of nitrogens with zero attached hydrogens (tertiary/aromatic N) is 1. The Bertz CT molecular complexity index is 459. The Morgan fingerprint density at radius 2 is 2.26 bits per heavy atom. The molecule has 1 aromatic heterocycles. The summed E-state index contributed by atoms with van der Waals surface area (Å²) in [5, 5.41) is 6.29. The second-order valence-electron chi connectivity index (χ2n) is 5.38. The van der Waals surface area contributed by atoms with Crippen molar-refractivity contribution in [1.82, 2.24) is 10.3 Å². The van der Waals surface area contributed by atoms with Gasteiger partial charge in [0.2, 0.25) is 5.91 Å². The summed E-state index contributed by atoms with van der Waals surface area (Å²) in [5.41, 5.74) is 2.66. The van der Waals surface area contributed by atoms with Crippen molar-refractivity contribution in [2.24, 2.45) is 5.92 Å². The van der Waals surface area contributed by atoms with Gasteiger partial charge in [-0.25, -0.2) is 0 Å². The average Bonchev–Trinajstić information content (AvgIpc) is 2.42. The highest BCUT2D eigenvalue weighted by Crippen LogP contribution is 2.21. The van der Waals surface area contributed by atoms with E-state index in [-0.39, 0.29) is 11.9 Å². The van der Waals surface area contributed by atoms with E-state index in [0.717, 1.165) is 36.5 Å². The van der Waals surface area contributed by atoms with Gasteiger partial charge in [-0.15, -0.1) is 0 Å². The second kappa shape index (κ2) is 6.15. The molecule has 0 aliphatic carbocycles. The van der Waals surface area contributed by atoms with Crippen molar-refractivity contribution in [3.05, 3.63) is 23.5 Å². The molecular formula is C15H23N3O. The van der Waals surface area contributed by atoms with Crippen LogP contribution in [0.5, 0.6) is 0 Å². The van der Waals surface area contributed by atoms with Crippen LogP contribution in [0, 0.1) is 19.8 Å². The molecule has 4 nitrogen and oxygen atoms in total. The predicted octanol–water partition coefficient (Wildman–Crippen LogP) is 2.42. The lowest BCUT2D eigenvalue weighted by molar-refractivity contribution is -0.119. The lowest BCUT2D eigenvalue weighted by Gasteiger charge is -2.29. The van der Waals surface area contributed by atoms with Gasteiger partial charge >= 0.3 is 0 Å². The molecule has 1 aliphatic rings. The van der Waals surface area contributed by atoms with E-state index in [9.17, 15) is 4.79 Å². The number of carbonyl (C=O) groups excluding carboxylic acids is 1. The maximum absolute atomic E-state index is 12.3. The molecule has 2 unspecified atom stereocenters. The Morgan fingerprint density at radius 3 is 2.95 bits per heavy atom. The Hall–Kier alpha value is -1.42. The van der Waals surface area contributed by atoms with Gasteiger partial charge in [0.1, 0.15) is 0 Å². The normalized spacial score (nSPS) is 23.1. The van der Waals surface area contributed by atoms with Gasteiger partial charge < -0.3 is 10.6 Å². The third kappa shape index (κ3) is 3.53. The Balaban J connectivity index is 2.00. The highest BCUT2D eigenvalue weighted by Gasteiger charge is 2.26. The van der Waals surface area contributed by atoms with Crippen LogP contribution in [-0.4, -0.2) is 23.5 Å². The fraction of sp³-hybridized carbons (Fsp3) is 0.600. The minimum absolute atomic E-state index is 0.0619. The van der Waals surface area contributed by atoms with Gasteiger partial charge in [0.05, 0.1) is 17.4 Å². The van der Waals surface area contributed by atoms with Crippen LogP contribution in [0.1, 0.15) is 37.6 Å². The molecular weight excluding hydrogens is 238 g/mol. The van der Waals surface area contributed by atoms with E-state index in [1.165, 1.54) is 6.42 Å². The smallest absolute Gasteiger partial charge is 0.241 e. The van der Waals surface area contributed by atoms with Crippen LogP contribution in [0.15, 0.2) is 12.1 Å². The molecule has 1 aliphatic heterocycles. The molecule has 2 rings (SSSR count). The minimum atomic E-state index is -0.0700. The van der Waals surface area contributed by atoms with Crippen LogP contribution in [-0.2, 0) is 4.79 Å². The first-order valence-electron chi connectivity index (χ1n) is 7.08. The summed E-state index contributed by atoms with van der Waals surface area (Å²) in [5.74, 6) is 0.723. The van der Waals surface area contributed by atoms with Crippen molar-refractivity contribution >= 4 is 11.6 Å². The van der Waals surface area contributed by atoms with Gasteiger partial charge in [-0.05, 0) is 51.3 Å². The van der Waals surface area contributed by atoms with Gasteiger partial charge in [-0.2, -0.15) is 0 Å². The van der Waals surface area contributed by atoms with Crippen molar-refractivity contribution in [3.8, 4) is 0 Å². The molecule has 0 spiro atoms. The third-order valence-electron chi connectivity index (χ3n) is 3.89. The van der Waals surface area contributed by atoms with E-state index in [4.69, 9.17) is 0 Å². The molecule has 1 aromatic rings. The summed E-state index contributed by atoms with van der Waals surface area (Å²) in [6.45, 7) is 7.00. The maximum Gasteiger partial charge on any atom is 0.241 e. The van der Waals surface area contributed by atoms with Gasteiger partial charge in [-0.3, -0.25) is 9.78 Å². The first-order valence-corrected chi connectivity index (χ1v) is 7.08. The molecule has 1 amide bonds. The van der Waals surface area contributed by atoms with E-state index >= 15 is 0 Å². The fourth-order valence-corrected chi connectivity index (χ4v) is 2.61. The number of nitrogens with one attached hydrogen (secondary N) is 2. The zero-order valence-corrected chi connectivity index (χ0v) is 12.0. The van der Waals surface area contributed by atoms with E-state index in [0.29, 0.717) is 5.92 Å². The molecule has 19 heavy (non-hydrogen) atoms. The molecule has 2 heterocycles. The van der Waals surface area contributed by atoms with Gasteiger partial charge in [0.25, 0.3) is 0 Å². The van der Waals surface area contributed by atoms with Crippen LogP contribution in [0.4, 0.5) is 5.69 Å². The van der Waals surface area contributed by atoms with Crippen molar-refractivity contribution in [2.45, 2.75) is 46.1 Å². The van der Waals surface area contributed by atoms with E-state index in [1.54, 1.807) is 0 Å². The van der Waals surface area contributed by atoms with Crippen LogP contribution in [0.3, 0.4) is 0 Å². The minimum Gasteiger partial charge on any atom is -0.323 e.